The summed E-state index contributed by atoms with van der Waals surface area (Å²) >= 11 is 0. The zero-order chi connectivity index (χ0) is 40.0. The quantitative estimate of drug-likeness (QED) is 0.0187. The van der Waals surface area contributed by atoms with Crippen LogP contribution >= 0.6 is 7.82 Å². The molecule has 0 bridgehead atoms. The second-order valence-corrected chi connectivity index (χ2v) is 13.8. The van der Waals surface area contributed by atoms with Crippen molar-refractivity contribution in [1.29, 1.82) is 0 Å². The van der Waals surface area contributed by atoms with Gasteiger partial charge in [-0.2, -0.15) is 0 Å². The van der Waals surface area contributed by atoms with Crippen molar-refractivity contribution in [3.05, 3.63) is 97.2 Å². The van der Waals surface area contributed by atoms with E-state index in [1.54, 1.807) is 0 Å². The molecule has 3 atom stereocenters. The van der Waals surface area contributed by atoms with Gasteiger partial charge in [-0.25, -0.2) is 4.57 Å². The fourth-order valence-electron chi connectivity index (χ4n) is 4.42. The standard InChI is InChI=1S/C42H66NO10P/c1-3-5-7-9-11-13-15-17-19-21-23-25-27-29-31-33-40(44)50-35-38(36-51-54(48,49)52-37-39(43)42(46)47)53-41(45)34-32-30-28-26-24-22-20-18-16-14-12-10-8-6-4-2/h5-9,11-15,17-20,24,26,38-39H,3-4,10,16,21-23,25,27-37,43H2,1-2H3,(H,46,47)(H,48,49)/b7-5+,8-6+,11-9+,14-12+,15-13+,19-17+,20-18+,26-24+/t38-,39+/m1/s1. The summed E-state index contributed by atoms with van der Waals surface area (Å²) < 4.78 is 32.5. The SMILES string of the molecule is CC/C=C/C=C/C=C/C=C/CCCCCCCC(=O)OC[C@H](COP(=O)(O)OC[C@H](N)C(=O)O)OC(=O)CCCC/C=C/C/C=C/C/C=C/C/C=C/CC. The van der Waals surface area contributed by atoms with E-state index >= 15 is 0 Å². The topological polar surface area (TPSA) is 172 Å². The predicted molar refractivity (Wildman–Crippen MR) is 217 cm³/mol. The van der Waals surface area contributed by atoms with E-state index in [1.165, 1.54) is 0 Å². The highest BCUT2D eigenvalue weighted by Gasteiger charge is 2.28. The van der Waals surface area contributed by atoms with E-state index in [-0.39, 0.29) is 19.4 Å². The molecule has 0 amide bonds. The third-order valence-corrected chi connectivity index (χ3v) is 8.37. The number of hydrogen-bond donors (Lipinski definition) is 3. The highest BCUT2D eigenvalue weighted by atomic mass is 31.2. The Kier molecular flexibility index (Phi) is 34.0. The van der Waals surface area contributed by atoms with Gasteiger partial charge in [-0.05, 0) is 70.6 Å². The maximum Gasteiger partial charge on any atom is 0.472 e. The molecule has 4 N–H and O–H groups in total. The number of hydrogen-bond acceptors (Lipinski definition) is 9. The van der Waals surface area contributed by atoms with Gasteiger partial charge in [0.25, 0.3) is 0 Å². The Hall–Kier alpha value is -3.60. The molecule has 11 nitrogen and oxygen atoms in total. The van der Waals surface area contributed by atoms with Crippen LogP contribution in [0.2, 0.25) is 0 Å². The van der Waals surface area contributed by atoms with Gasteiger partial charge in [-0.3, -0.25) is 23.4 Å². The number of rotatable bonds is 34. The van der Waals surface area contributed by atoms with Crippen molar-refractivity contribution in [2.75, 3.05) is 19.8 Å². The van der Waals surface area contributed by atoms with Crippen molar-refractivity contribution in [3.63, 3.8) is 0 Å². The minimum absolute atomic E-state index is 0.0967. The molecule has 0 saturated carbocycles. The van der Waals surface area contributed by atoms with Gasteiger partial charge in [0.15, 0.2) is 6.10 Å². The lowest BCUT2D eigenvalue weighted by atomic mass is 10.1. The maximum atomic E-state index is 12.6. The fourth-order valence-corrected chi connectivity index (χ4v) is 5.19. The molecule has 0 heterocycles. The summed E-state index contributed by atoms with van der Waals surface area (Å²) in [6.45, 7) is 2.44. The highest BCUT2D eigenvalue weighted by Crippen LogP contribution is 2.43. The number of aliphatic carboxylic acids is 1. The van der Waals surface area contributed by atoms with E-state index in [1.807, 2.05) is 36.5 Å². The second kappa shape index (κ2) is 36.4. The van der Waals surface area contributed by atoms with Gasteiger partial charge in [0.2, 0.25) is 0 Å². The Bertz CT molecular complexity index is 1280. The Morgan fingerprint density at radius 1 is 0.593 bits per heavy atom. The van der Waals surface area contributed by atoms with Crippen molar-refractivity contribution in [2.24, 2.45) is 5.73 Å². The Labute approximate surface area is 324 Å². The molecule has 0 saturated heterocycles. The number of unbranched alkanes of at least 4 members (excludes halogenated alkanes) is 7. The average molecular weight is 776 g/mol. The van der Waals surface area contributed by atoms with Crippen LogP contribution in [0.5, 0.6) is 0 Å². The van der Waals surface area contributed by atoms with Crippen LogP contribution in [0.25, 0.3) is 0 Å². The van der Waals surface area contributed by atoms with Crippen LogP contribution in [-0.4, -0.2) is 59.9 Å². The molecule has 0 radical (unpaired) electrons. The second-order valence-electron chi connectivity index (χ2n) is 12.4. The molecule has 0 aromatic heterocycles. The van der Waals surface area contributed by atoms with Crippen LogP contribution in [0.4, 0.5) is 0 Å². The lowest BCUT2D eigenvalue weighted by molar-refractivity contribution is -0.161. The molecule has 0 rings (SSSR count). The molecule has 54 heavy (non-hydrogen) atoms. The zero-order valence-electron chi connectivity index (χ0n) is 32.5. The van der Waals surface area contributed by atoms with Gasteiger partial charge < -0.3 is 25.2 Å². The number of carboxylic acids is 1. The van der Waals surface area contributed by atoms with Crippen LogP contribution in [0.15, 0.2) is 97.2 Å². The first-order valence-corrected chi connectivity index (χ1v) is 20.8. The summed E-state index contributed by atoms with van der Waals surface area (Å²) in [5.41, 5.74) is 5.31. The average Bonchev–Trinajstić information content (AvgIpc) is 3.14. The summed E-state index contributed by atoms with van der Waals surface area (Å²) in [5.74, 6) is -2.48. The molecule has 0 aliphatic rings. The third-order valence-electron chi connectivity index (χ3n) is 7.42. The van der Waals surface area contributed by atoms with Crippen molar-refractivity contribution in [2.45, 2.75) is 129 Å². The van der Waals surface area contributed by atoms with Crippen molar-refractivity contribution in [1.82, 2.24) is 0 Å². The molecular formula is C42H66NO10P. The number of ether oxygens (including phenoxy) is 2. The largest absolute Gasteiger partial charge is 0.480 e. The fraction of sp³-hybridized carbons (Fsp3) is 0.548. The first-order valence-electron chi connectivity index (χ1n) is 19.3. The number of esters is 2. The van der Waals surface area contributed by atoms with Crippen LogP contribution < -0.4 is 5.73 Å². The first kappa shape index (κ1) is 50.4. The molecule has 0 spiro atoms. The maximum absolute atomic E-state index is 12.6. The molecule has 12 heteroatoms. The van der Waals surface area contributed by atoms with Crippen LogP contribution in [0.3, 0.4) is 0 Å². The van der Waals surface area contributed by atoms with E-state index < -0.39 is 51.1 Å². The lowest BCUT2D eigenvalue weighted by Crippen LogP contribution is -2.34. The number of carbonyl (C=O) groups excluding carboxylic acids is 2. The number of nitrogens with two attached hydrogens (primary N) is 1. The Morgan fingerprint density at radius 3 is 1.72 bits per heavy atom. The van der Waals surface area contributed by atoms with Gasteiger partial charge in [0.1, 0.15) is 12.6 Å². The normalized spacial score (nSPS) is 14.9. The van der Waals surface area contributed by atoms with E-state index in [0.29, 0.717) is 12.8 Å². The monoisotopic (exact) mass is 775 g/mol. The zero-order valence-corrected chi connectivity index (χ0v) is 33.4. The summed E-state index contributed by atoms with van der Waals surface area (Å²) in [4.78, 5) is 45.8. The molecule has 0 fully saturated rings. The molecule has 0 aromatic rings. The van der Waals surface area contributed by atoms with E-state index in [2.05, 4.69) is 79.1 Å². The molecule has 0 aliphatic heterocycles. The van der Waals surface area contributed by atoms with E-state index in [0.717, 1.165) is 77.0 Å². The number of allylic oxidation sites excluding steroid dienone is 16. The molecule has 304 valence electrons. The summed E-state index contributed by atoms with van der Waals surface area (Å²) in [5, 5.41) is 8.87. The summed E-state index contributed by atoms with van der Waals surface area (Å²) in [6, 6.07) is -1.54. The predicted octanol–water partition coefficient (Wildman–Crippen LogP) is 9.72. The Morgan fingerprint density at radius 2 is 1.07 bits per heavy atom. The molecule has 0 aromatic carbocycles. The van der Waals surface area contributed by atoms with E-state index in [9.17, 15) is 23.8 Å². The summed E-state index contributed by atoms with van der Waals surface area (Å²) in [6.07, 6.45) is 44.8. The number of phosphoric ester groups is 1. The van der Waals surface area contributed by atoms with Crippen LogP contribution in [0, 0.1) is 0 Å². The van der Waals surface area contributed by atoms with Crippen LogP contribution in [0.1, 0.15) is 117 Å². The highest BCUT2D eigenvalue weighted by molar-refractivity contribution is 7.47. The lowest BCUT2D eigenvalue weighted by Gasteiger charge is -2.20. The van der Waals surface area contributed by atoms with Gasteiger partial charge in [0.05, 0.1) is 13.2 Å². The molecular weight excluding hydrogens is 709 g/mol. The van der Waals surface area contributed by atoms with Crippen molar-refractivity contribution < 1.29 is 47.5 Å². The van der Waals surface area contributed by atoms with Crippen molar-refractivity contribution in [3.8, 4) is 0 Å². The van der Waals surface area contributed by atoms with Gasteiger partial charge in [-0.1, -0.05) is 130 Å². The third kappa shape index (κ3) is 35.4. The van der Waals surface area contributed by atoms with Crippen LogP contribution in [-0.2, 0) is 37.5 Å². The van der Waals surface area contributed by atoms with Gasteiger partial charge in [-0.15, -0.1) is 0 Å². The minimum atomic E-state index is -4.74. The van der Waals surface area contributed by atoms with Crippen molar-refractivity contribution >= 4 is 25.7 Å². The number of carbonyl (C=O) groups is 3. The molecule has 0 aliphatic carbocycles. The van der Waals surface area contributed by atoms with Gasteiger partial charge in [0, 0.05) is 12.8 Å². The molecule has 1 unspecified atom stereocenters. The van der Waals surface area contributed by atoms with Gasteiger partial charge >= 0.3 is 25.7 Å². The number of phosphoric acid groups is 1. The smallest absolute Gasteiger partial charge is 0.472 e. The minimum Gasteiger partial charge on any atom is -0.480 e. The first-order chi connectivity index (χ1) is 26.1. The van der Waals surface area contributed by atoms with E-state index in [4.69, 9.17) is 24.8 Å². The number of carboxylic acid groups (broad SMARTS) is 1. The Balaban J connectivity index is 4.58. The summed E-state index contributed by atoms with van der Waals surface area (Å²) in [7, 11) is -4.74.